The van der Waals surface area contributed by atoms with Gasteiger partial charge in [-0.3, -0.25) is 4.90 Å². The molecule has 0 amide bonds. The highest BCUT2D eigenvalue weighted by Crippen LogP contribution is 2.41. The highest BCUT2D eigenvalue weighted by atomic mass is 32.2. The van der Waals surface area contributed by atoms with Gasteiger partial charge in [-0.05, 0) is 50.3 Å². The van der Waals surface area contributed by atoms with E-state index in [4.69, 9.17) is 0 Å². The highest BCUT2D eigenvalue weighted by Gasteiger charge is 2.36. The van der Waals surface area contributed by atoms with E-state index in [0.29, 0.717) is 12.5 Å². The van der Waals surface area contributed by atoms with Crippen LogP contribution in [0.2, 0.25) is 0 Å². The van der Waals surface area contributed by atoms with Crippen LogP contribution in [0, 0.1) is 5.92 Å². The molecule has 1 aromatic rings. The summed E-state index contributed by atoms with van der Waals surface area (Å²) in [6, 6.07) is 0.403. The quantitative estimate of drug-likeness (QED) is 0.507. The molecule has 2 fully saturated rings. The van der Waals surface area contributed by atoms with Crippen molar-refractivity contribution in [2.24, 2.45) is 5.92 Å². The first kappa shape index (κ1) is 17.5. The minimum absolute atomic E-state index is 0.226. The number of alkyl halides is 3. The lowest BCUT2D eigenvalue weighted by molar-refractivity contribution is -0.135. The SMILES string of the molecule is FC(F)(F)CCCCCSc1nsnc1C1CCC2CCN1C2. The molecule has 23 heavy (non-hydrogen) atoms. The first-order valence-electron chi connectivity index (χ1n) is 8.29. The number of hydrogen-bond donors (Lipinski definition) is 0. The molecule has 3 nitrogen and oxygen atoms in total. The first-order chi connectivity index (χ1) is 11.0. The van der Waals surface area contributed by atoms with Crippen LogP contribution in [0.5, 0.6) is 0 Å². The molecule has 130 valence electrons. The van der Waals surface area contributed by atoms with Gasteiger partial charge in [0.05, 0.1) is 17.8 Å². The van der Waals surface area contributed by atoms with E-state index in [2.05, 4.69) is 13.6 Å². The average molecular weight is 365 g/mol. The van der Waals surface area contributed by atoms with Crippen LogP contribution in [0.4, 0.5) is 13.2 Å². The monoisotopic (exact) mass is 365 g/mol. The molecule has 2 bridgehead atoms. The lowest BCUT2D eigenvalue weighted by Gasteiger charge is -2.31. The Morgan fingerprint density at radius 3 is 2.83 bits per heavy atom. The van der Waals surface area contributed by atoms with E-state index < -0.39 is 12.6 Å². The Morgan fingerprint density at radius 2 is 2.00 bits per heavy atom. The predicted molar refractivity (Wildman–Crippen MR) is 86.8 cm³/mol. The molecule has 3 rings (SSSR count). The molecular weight excluding hydrogens is 343 g/mol. The Bertz CT molecular complexity index is 506. The van der Waals surface area contributed by atoms with Crippen molar-refractivity contribution in [3.8, 4) is 0 Å². The molecule has 2 aliphatic heterocycles. The summed E-state index contributed by atoms with van der Waals surface area (Å²) in [4.78, 5) is 2.53. The Labute approximate surface area is 143 Å². The topological polar surface area (TPSA) is 29.0 Å². The number of piperidine rings is 1. The van der Waals surface area contributed by atoms with E-state index in [1.807, 2.05) is 0 Å². The van der Waals surface area contributed by atoms with Gasteiger partial charge in [0.15, 0.2) is 0 Å². The summed E-state index contributed by atoms with van der Waals surface area (Å²) in [5.74, 6) is 1.69. The smallest absolute Gasteiger partial charge is 0.294 e. The summed E-state index contributed by atoms with van der Waals surface area (Å²) in [7, 11) is 0. The van der Waals surface area contributed by atoms with Gasteiger partial charge in [0.25, 0.3) is 0 Å². The molecule has 1 aromatic heterocycles. The number of halogens is 3. The largest absolute Gasteiger partial charge is 0.389 e. The fourth-order valence-electron chi connectivity index (χ4n) is 3.53. The van der Waals surface area contributed by atoms with Crippen molar-refractivity contribution >= 4 is 23.5 Å². The molecule has 2 aliphatic rings. The average Bonchev–Trinajstić information content (AvgIpc) is 3.10. The zero-order valence-electron chi connectivity index (χ0n) is 13.0. The predicted octanol–water partition coefficient (Wildman–Crippen LogP) is 4.91. The molecule has 0 aromatic carbocycles. The fourth-order valence-corrected chi connectivity index (χ4v) is 5.28. The summed E-state index contributed by atoms with van der Waals surface area (Å²) in [6.07, 6.45) is 0.702. The van der Waals surface area contributed by atoms with E-state index in [-0.39, 0.29) is 6.42 Å². The third-order valence-electron chi connectivity index (χ3n) is 4.75. The maximum absolute atomic E-state index is 12.1. The maximum Gasteiger partial charge on any atom is 0.389 e. The zero-order valence-corrected chi connectivity index (χ0v) is 14.7. The number of unbranched alkanes of at least 4 members (excludes halogenated alkanes) is 2. The van der Waals surface area contributed by atoms with Crippen molar-refractivity contribution in [3.05, 3.63) is 5.69 Å². The first-order valence-corrected chi connectivity index (χ1v) is 10.0. The fraction of sp³-hybridized carbons (Fsp3) is 0.867. The van der Waals surface area contributed by atoms with Crippen molar-refractivity contribution in [1.82, 2.24) is 13.6 Å². The lowest BCUT2D eigenvalue weighted by atomic mass is 9.95. The van der Waals surface area contributed by atoms with Gasteiger partial charge < -0.3 is 0 Å². The van der Waals surface area contributed by atoms with Gasteiger partial charge in [-0.2, -0.15) is 21.9 Å². The normalized spacial score (nSPS) is 27.5. The summed E-state index contributed by atoms with van der Waals surface area (Å²) in [5, 5.41) is 1.00. The van der Waals surface area contributed by atoms with Crippen LogP contribution in [0.1, 0.15) is 56.7 Å². The molecule has 3 atom stereocenters. The Balaban J connectivity index is 1.44. The number of rotatable bonds is 7. The Morgan fingerprint density at radius 1 is 1.13 bits per heavy atom. The van der Waals surface area contributed by atoms with Gasteiger partial charge >= 0.3 is 6.18 Å². The number of nitrogens with zero attached hydrogens (tertiary/aromatic N) is 3. The van der Waals surface area contributed by atoms with Crippen LogP contribution in [0.25, 0.3) is 0 Å². The molecule has 2 saturated heterocycles. The molecule has 0 aliphatic carbocycles. The summed E-state index contributed by atoms with van der Waals surface area (Å²) in [5.41, 5.74) is 1.11. The van der Waals surface area contributed by atoms with Crippen molar-refractivity contribution < 1.29 is 13.2 Å². The number of fused-ring (bicyclic) bond motifs is 2. The minimum Gasteiger partial charge on any atom is -0.294 e. The minimum atomic E-state index is -4.02. The van der Waals surface area contributed by atoms with Crippen molar-refractivity contribution in [1.29, 1.82) is 0 Å². The van der Waals surface area contributed by atoms with E-state index in [0.717, 1.165) is 41.8 Å². The van der Waals surface area contributed by atoms with Gasteiger partial charge in [-0.25, -0.2) is 0 Å². The van der Waals surface area contributed by atoms with Crippen LogP contribution < -0.4 is 0 Å². The van der Waals surface area contributed by atoms with Gasteiger partial charge in [-0.15, -0.1) is 11.8 Å². The second kappa shape index (κ2) is 7.70. The van der Waals surface area contributed by atoms with Crippen molar-refractivity contribution in [2.45, 2.75) is 62.2 Å². The Hall–Kier alpha value is -0.340. The Kier molecular flexibility index (Phi) is 5.85. The van der Waals surface area contributed by atoms with Crippen LogP contribution in [-0.4, -0.2) is 38.7 Å². The molecule has 0 radical (unpaired) electrons. The summed E-state index contributed by atoms with van der Waals surface area (Å²) in [6.45, 7) is 2.35. The van der Waals surface area contributed by atoms with E-state index in [9.17, 15) is 13.2 Å². The third-order valence-corrected chi connectivity index (χ3v) is 6.47. The second-order valence-corrected chi connectivity index (χ2v) is 8.08. The summed E-state index contributed by atoms with van der Waals surface area (Å²) >= 11 is 2.92. The molecule has 0 saturated carbocycles. The molecule has 0 spiro atoms. The number of thioether (sulfide) groups is 1. The van der Waals surface area contributed by atoms with Crippen LogP contribution in [0.3, 0.4) is 0 Å². The second-order valence-electron chi connectivity index (χ2n) is 6.47. The van der Waals surface area contributed by atoms with E-state index in [1.165, 1.54) is 31.1 Å². The summed E-state index contributed by atoms with van der Waals surface area (Å²) < 4.78 is 45.2. The lowest BCUT2D eigenvalue weighted by Crippen LogP contribution is -2.31. The van der Waals surface area contributed by atoms with Gasteiger partial charge in [0.1, 0.15) is 10.7 Å². The molecule has 8 heteroatoms. The van der Waals surface area contributed by atoms with Gasteiger partial charge in [-0.1, -0.05) is 6.42 Å². The standard InChI is InChI=1S/C15H22F3N3S2/c16-15(17,18)7-2-1-3-9-22-14-13(19-23-20-14)12-5-4-11-6-8-21(12)10-11/h11-12H,1-10H2. The van der Waals surface area contributed by atoms with E-state index >= 15 is 0 Å². The van der Waals surface area contributed by atoms with Crippen molar-refractivity contribution in [3.63, 3.8) is 0 Å². The number of aromatic nitrogens is 2. The molecule has 3 heterocycles. The van der Waals surface area contributed by atoms with Gasteiger partial charge in [0, 0.05) is 13.0 Å². The molecule has 3 unspecified atom stereocenters. The highest BCUT2D eigenvalue weighted by molar-refractivity contribution is 7.99. The number of hydrogen-bond acceptors (Lipinski definition) is 5. The van der Waals surface area contributed by atoms with Crippen LogP contribution >= 0.6 is 23.5 Å². The third kappa shape index (κ3) is 4.82. The molecule has 0 N–H and O–H groups in total. The van der Waals surface area contributed by atoms with Crippen LogP contribution in [-0.2, 0) is 0 Å². The zero-order chi connectivity index (χ0) is 16.3. The van der Waals surface area contributed by atoms with Gasteiger partial charge in [0.2, 0.25) is 0 Å². The maximum atomic E-state index is 12.1. The van der Waals surface area contributed by atoms with Crippen LogP contribution in [0.15, 0.2) is 5.03 Å². The molecular formula is C15H22F3N3S2. The van der Waals surface area contributed by atoms with E-state index in [1.54, 1.807) is 11.8 Å². The van der Waals surface area contributed by atoms with Crippen molar-refractivity contribution in [2.75, 3.05) is 18.8 Å².